The van der Waals surface area contributed by atoms with E-state index in [-0.39, 0.29) is 0 Å². The quantitative estimate of drug-likeness (QED) is 0.852. The predicted octanol–water partition coefficient (Wildman–Crippen LogP) is 0.726. The van der Waals surface area contributed by atoms with Crippen LogP contribution >= 0.6 is 0 Å². The molecule has 1 aromatic heterocycles. The standard InChI is InChI=1S/C13H23N5/c1-4-14-7-12-8-15-10-16-13(12)18-6-5-17(3)9-11(18)2/h8,10-11,14H,4-7,9H2,1-3H3. The number of hydrogen-bond acceptors (Lipinski definition) is 5. The second-order valence-electron chi connectivity index (χ2n) is 4.96. The van der Waals surface area contributed by atoms with Crippen LogP contribution in [0.15, 0.2) is 12.5 Å². The molecule has 1 aromatic rings. The van der Waals surface area contributed by atoms with Crippen molar-refractivity contribution in [2.45, 2.75) is 26.4 Å². The molecule has 100 valence electrons. The van der Waals surface area contributed by atoms with Gasteiger partial charge in [0.15, 0.2) is 0 Å². The molecule has 0 bridgehead atoms. The number of aromatic nitrogens is 2. The van der Waals surface area contributed by atoms with Crippen LogP contribution in [0.5, 0.6) is 0 Å². The average molecular weight is 249 g/mol. The topological polar surface area (TPSA) is 44.3 Å². The molecule has 0 aliphatic carbocycles. The zero-order valence-electron chi connectivity index (χ0n) is 11.6. The zero-order valence-corrected chi connectivity index (χ0v) is 11.6. The van der Waals surface area contributed by atoms with Gasteiger partial charge in [-0.05, 0) is 20.5 Å². The smallest absolute Gasteiger partial charge is 0.136 e. The molecular formula is C13H23N5. The third kappa shape index (κ3) is 2.97. The van der Waals surface area contributed by atoms with Crippen LogP contribution < -0.4 is 10.2 Å². The first-order valence-electron chi connectivity index (χ1n) is 6.67. The summed E-state index contributed by atoms with van der Waals surface area (Å²) in [5.41, 5.74) is 1.19. The molecule has 0 aromatic carbocycles. The molecule has 0 spiro atoms. The van der Waals surface area contributed by atoms with Crippen LogP contribution in [-0.4, -0.2) is 54.1 Å². The van der Waals surface area contributed by atoms with Crippen molar-refractivity contribution in [2.24, 2.45) is 0 Å². The number of anilines is 1. The van der Waals surface area contributed by atoms with Crippen molar-refractivity contribution < 1.29 is 0 Å². The minimum atomic E-state index is 0.499. The molecule has 1 saturated heterocycles. The fourth-order valence-corrected chi connectivity index (χ4v) is 2.45. The van der Waals surface area contributed by atoms with Gasteiger partial charge in [0.25, 0.3) is 0 Å². The number of rotatable bonds is 4. The maximum Gasteiger partial charge on any atom is 0.136 e. The van der Waals surface area contributed by atoms with Gasteiger partial charge in [0.05, 0.1) is 0 Å². The highest BCUT2D eigenvalue weighted by Gasteiger charge is 2.24. The molecule has 0 radical (unpaired) electrons. The first-order chi connectivity index (χ1) is 8.72. The van der Waals surface area contributed by atoms with Crippen LogP contribution in [0.3, 0.4) is 0 Å². The number of likely N-dealkylation sites (N-methyl/N-ethyl adjacent to an activating group) is 1. The normalized spacial score (nSPS) is 21.3. The van der Waals surface area contributed by atoms with Crippen molar-refractivity contribution in [2.75, 3.05) is 38.1 Å². The number of nitrogens with zero attached hydrogens (tertiary/aromatic N) is 4. The Morgan fingerprint density at radius 2 is 2.28 bits per heavy atom. The Labute approximate surface area is 109 Å². The summed E-state index contributed by atoms with van der Waals surface area (Å²) < 4.78 is 0. The van der Waals surface area contributed by atoms with Crippen LogP contribution in [0, 0.1) is 0 Å². The van der Waals surface area contributed by atoms with Gasteiger partial charge in [0, 0.05) is 44.0 Å². The fraction of sp³-hybridized carbons (Fsp3) is 0.692. The summed E-state index contributed by atoms with van der Waals surface area (Å²) in [6, 6.07) is 0.499. The predicted molar refractivity (Wildman–Crippen MR) is 73.7 cm³/mol. The average Bonchev–Trinajstić information content (AvgIpc) is 2.37. The van der Waals surface area contributed by atoms with Crippen molar-refractivity contribution >= 4 is 5.82 Å². The summed E-state index contributed by atoms with van der Waals surface area (Å²) >= 11 is 0. The minimum Gasteiger partial charge on any atom is -0.351 e. The molecular weight excluding hydrogens is 226 g/mol. The molecule has 5 nitrogen and oxygen atoms in total. The van der Waals surface area contributed by atoms with Gasteiger partial charge in [-0.3, -0.25) is 0 Å². The monoisotopic (exact) mass is 249 g/mol. The SMILES string of the molecule is CCNCc1cncnc1N1CCN(C)CC1C. The Kier molecular flexibility index (Phi) is 4.49. The summed E-state index contributed by atoms with van der Waals surface area (Å²) in [4.78, 5) is 13.4. The van der Waals surface area contributed by atoms with Crippen LogP contribution in [-0.2, 0) is 6.54 Å². The van der Waals surface area contributed by atoms with E-state index in [1.807, 2.05) is 6.20 Å². The fourth-order valence-electron chi connectivity index (χ4n) is 2.45. The number of nitrogens with one attached hydrogen (secondary N) is 1. The van der Waals surface area contributed by atoms with E-state index in [2.05, 4.69) is 46.0 Å². The van der Waals surface area contributed by atoms with Gasteiger partial charge >= 0.3 is 0 Å². The third-order valence-electron chi connectivity index (χ3n) is 3.43. The first kappa shape index (κ1) is 13.2. The highest BCUT2D eigenvalue weighted by Crippen LogP contribution is 2.21. The van der Waals surface area contributed by atoms with Crippen molar-refractivity contribution in [3.8, 4) is 0 Å². The van der Waals surface area contributed by atoms with Gasteiger partial charge in [-0.1, -0.05) is 6.92 Å². The highest BCUT2D eigenvalue weighted by atomic mass is 15.3. The molecule has 1 aliphatic rings. The van der Waals surface area contributed by atoms with Gasteiger partial charge in [0.1, 0.15) is 12.1 Å². The minimum absolute atomic E-state index is 0.499. The molecule has 5 heteroatoms. The van der Waals surface area contributed by atoms with E-state index in [1.165, 1.54) is 5.56 Å². The summed E-state index contributed by atoms with van der Waals surface area (Å²) in [5.74, 6) is 1.09. The molecule has 1 aliphatic heterocycles. The maximum absolute atomic E-state index is 4.49. The van der Waals surface area contributed by atoms with Crippen LogP contribution in [0.1, 0.15) is 19.4 Å². The van der Waals surface area contributed by atoms with E-state index >= 15 is 0 Å². The highest BCUT2D eigenvalue weighted by molar-refractivity contribution is 5.47. The van der Waals surface area contributed by atoms with Crippen LogP contribution in [0.4, 0.5) is 5.82 Å². The van der Waals surface area contributed by atoms with Crippen LogP contribution in [0.25, 0.3) is 0 Å². The maximum atomic E-state index is 4.49. The molecule has 2 heterocycles. The summed E-state index contributed by atoms with van der Waals surface area (Å²) in [6.45, 7) is 9.39. The lowest BCUT2D eigenvalue weighted by Crippen LogP contribution is -2.51. The Balaban J connectivity index is 2.16. The zero-order chi connectivity index (χ0) is 13.0. The van der Waals surface area contributed by atoms with Gasteiger partial charge in [-0.2, -0.15) is 0 Å². The lowest BCUT2D eigenvalue weighted by atomic mass is 10.1. The van der Waals surface area contributed by atoms with Gasteiger partial charge in [-0.25, -0.2) is 9.97 Å². The van der Waals surface area contributed by atoms with Gasteiger partial charge in [0.2, 0.25) is 0 Å². The lowest BCUT2D eigenvalue weighted by molar-refractivity contribution is 0.274. The molecule has 1 unspecified atom stereocenters. The van der Waals surface area contributed by atoms with E-state index in [4.69, 9.17) is 0 Å². The van der Waals surface area contributed by atoms with Gasteiger partial charge < -0.3 is 15.1 Å². The molecule has 1 N–H and O–H groups in total. The molecule has 0 amide bonds. The summed E-state index contributed by atoms with van der Waals surface area (Å²) in [5, 5.41) is 3.35. The van der Waals surface area contributed by atoms with E-state index < -0.39 is 0 Å². The van der Waals surface area contributed by atoms with E-state index in [0.29, 0.717) is 6.04 Å². The Hall–Kier alpha value is -1.20. The van der Waals surface area contributed by atoms with Gasteiger partial charge in [-0.15, -0.1) is 0 Å². The second-order valence-corrected chi connectivity index (χ2v) is 4.96. The van der Waals surface area contributed by atoms with Crippen molar-refractivity contribution in [1.82, 2.24) is 20.2 Å². The molecule has 1 atom stereocenters. The van der Waals surface area contributed by atoms with Crippen LogP contribution in [0.2, 0.25) is 0 Å². The number of hydrogen-bond donors (Lipinski definition) is 1. The van der Waals surface area contributed by atoms with Crippen molar-refractivity contribution in [3.05, 3.63) is 18.1 Å². The lowest BCUT2D eigenvalue weighted by Gasteiger charge is -2.39. The second kappa shape index (κ2) is 6.11. The summed E-state index contributed by atoms with van der Waals surface area (Å²) in [6.07, 6.45) is 3.58. The van der Waals surface area contributed by atoms with E-state index in [9.17, 15) is 0 Å². The number of piperazine rings is 1. The molecule has 2 rings (SSSR count). The third-order valence-corrected chi connectivity index (χ3v) is 3.43. The molecule has 1 fully saturated rings. The van der Waals surface area contributed by atoms with E-state index in [0.717, 1.165) is 38.5 Å². The first-order valence-corrected chi connectivity index (χ1v) is 6.67. The molecule has 0 saturated carbocycles. The Morgan fingerprint density at radius 3 is 3.00 bits per heavy atom. The molecule has 18 heavy (non-hydrogen) atoms. The Bertz CT molecular complexity index is 381. The summed E-state index contributed by atoms with van der Waals surface area (Å²) in [7, 11) is 2.17. The Morgan fingerprint density at radius 1 is 1.44 bits per heavy atom. The largest absolute Gasteiger partial charge is 0.351 e. The van der Waals surface area contributed by atoms with E-state index in [1.54, 1.807) is 6.33 Å². The van der Waals surface area contributed by atoms with Crippen molar-refractivity contribution in [3.63, 3.8) is 0 Å². The van der Waals surface area contributed by atoms with Crippen molar-refractivity contribution in [1.29, 1.82) is 0 Å².